The van der Waals surface area contributed by atoms with Gasteiger partial charge in [-0.15, -0.1) is 0 Å². The Morgan fingerprint density at radius 3 is 2.42 bits per heavy atom. The second-order valence-electron chi connectivity index (χ2n) is 5.67. The van der Waals surface area contributed by atoms with Crippen molar-refractivity contribution in [3.63, 3.8) is 0 Å². The molecule has 24 heavy (non-hydrogen) atoms. The van der Waals surface area contributed by atoms with Crippen molar-refractivity contribution in [3.8, 4) is 16.8 Å². The van der Waals surface area contributed by atoms with Crippen LogP contribution in [0.25, 0.3) is 22.9 Å². The Kier molecular flexibility index (Phi) is 4.73. The lowest BCUT2D eigenvalue weighted by Gasteiger charge is -2.09. The van der Waals surface area contributed by atoms with E-state index in [0.717, 1.165) is 22.4 Å². The predicted octanol–water partition coefficient (Wildman–Crippen LogP) is 4.03. The number of hydrogen-bond acceptors (Lipinski definition) is 2. The first-order valence-corrected chi connectivity index (χ1v) is 7.83. The highest BCUT2D eigenvalue weighted by atomic mass is 16.3. The smallest absolute Gasteiger partial charge is 0.181 e. The van der Waals surface area contributed by atoms with Gasteiger partial charge < -0.3 is 9.67 Å². The summed E-state index contributed by atoms with van der Waals surface area (Å²) in [5.41, 5.74) is 5.54. The summed E-state index contributed by atoms with van der Waals surface area (Å²) in [4.78, 5) is 11.1. The second kappa shape index (κ2) is 7.11. The molecule has 0 bridgehead atoms. The van der Waals surface area contributed by atoms with Gasteiger partial charge in [0.05, 0.1) is 0 Å². The summed E-state index contributed by atoms with van der Waals surface area (Å²) < 4.78 is 2.07. The Bertz CT molecular complexity index is 859. The van der Waals surface area contributed by atoms with Crippen LogP contribution in [0, 0.1) is 6.92 Å². The number of aliphatic hydroxyl groups is 1. The molecule has 1 aromatic heterocycles. The maximum absolute atomic E-state index is 11.1. The number of hydrogen-bond donors (Lipinski definition) is 1. The maximum Gasteiger partial charge on any atom is 0.181 e. The molecule has 0 saturated heterocycles. The van der Waals surface area contributed by atoms with Crippen LogP contribution in [-0.2, 0) is 4.79 Å². The van der Waals surface area contributed by atoms with Crippen molar-refractivity contribution >= 4 is 11.9 Å². The molecule has 3 nitrogen and oxygen atoms in total. The lowest BCUT2D eigenvalue weighted by molar-refractivity contribution is -0.117. The minimum atomic E-state index is -0.457. The van der Waals surface area contributed by atoms with Crippen LogP contribution in [0.5, 0.6) is 0 Å². The van der Waals surface area contributed by atoms with E-state index in [1.807, 2.05) is 36.7 Å². The highest BCUT2D eigenvalue weighted by Crippen LogP contribution is 2.26. The normalized spacial score (nSPS) is 11.1. The van der Waals surface area contributed by atoms with Gasteiger partial charge in [-0.3, -0.25) is 4.79 Å². The molecule has 0 aliphatic rings. The van der Waals surface area contributed by atoms with E-state index in [9.17, 15) is 4.79 Å². The van der Waals surface area contributed by atoms with Crippen LogP contribution in [0.4, 0.5) is 0 Å². The van der Waals surface area contributed by atoms with Crippen LogP contribution < -0.4 is 0 Å². The van der Waals surface area contributed by atoms with Crippen LogP contribution >= 0.6 is 0 Å². The van der Waals surface area contributed by atoms with Gasteiger partial charge in [0, 0.05) is 18.1 Å². The van der Waals surface area contributed by atoms with Gasteiger partial charge in [-0.1, -0.05) is 36.4 Å². The number of aryl methyl sites for hydroxylation is 1. The molecule has 0 radical (unpaired) electrons. The van der Waals surface area contributed by atoms with Crippen molar-refractivity contribution in [3.05, 3.63) is 84.2 Å². The molecule has 2 aromatic carbocycles. The maximum atomic E-state index is 11.1. The van der Waals surface area contributed by atoms with E-state index in [1.165, 1.54) is 11.6 Å². The highest BCUT2D eigenvalue weighted by molar-refractivity contribution is 5.94. The number of carbonyl (C=O) groups is 1. The zero-order chi connectivity index (χ0) is 16.9. The minimum Gasteiger partial charge on any atom is -0.388 e. The van der Waals surface area contributed by atoms with Crippen LogP contribution in [0.15, 0.2) is 73.1 Å². The average molecular weight is 317 g/mol. The zero-order valence-corrected chi connectivity index (χ0v) is 13.5. The molecule has 0 aliphatic carbocycles. The van der Waals surface area contributed by atoms with E-state index in [0.29, 0.717) is 0 Å². The van der Waals surface area contributed by atoms with Crippen molar-refractivity contribution in [2.45, 2.75) is 6.92 Å². The summed E-state index contributed by atoms with van der Waals surface area (Å²) in [5, 5.41) is 8.75. The van der Waals surface area contributed by atoms with Crippen LogP contribution in [0.2, 0.25) is 0 Å². The van der Waals surface area contributed by atoms with E-state index in [1.54, 1.807) is 6.08 Å². The highest BCUT2D eigenvalue weighted by Gasteiger charge is 2.03. The zero-order valence-electron chi connectivity index (χ0n) is 13.5. The Morgan fingerprint density at radius 2 is 1.79 bits per heavy atom. The third-order valence-corrected chi connectivity index (χ3v) is 3.95. The average Bonchev–Trinajstić information content (AvgIpc) is 3.14. The fourth-order valence-electron chi connectivity index (χ4n) is 2.68. The number of nitrogens with zero attached hydrogens (tertiary/aromatic N) is 1. The molecular weight excluding hydrogens is 298 g/mol. The van der Waals surface area contributed by atoms with E-state index < -0.39 is 6.61 Å². The van der Waals surface area contributed by atoms with Crippen molar-refractivity contribution < 1.29 is 9.90 Å². The van der Waals surface area contributed by atoms with Gasteiger partial charge in [0.15, 0.2) is 5.78 Å². The lowest BCUT2D eigenvalue weighted by Crippen LogP contribution is -1.97. The number of benzene rings is 2. The molecule has 3 rings (SSSR count). The van der Waals surface area contributed by atoms with Gasteiger partial charge in [0.1, 0.15) is 6.61 Å². The van der Waals surface area contributed by atoms with Crippen LogP contribution in [0.3, 0.4) is 0 Å². The third-order valence-electron chi connectivity index (χ3n) is 3.95. The van der Waals surface area contributed by atoms with Crippen LogP contribution in [-0.4, -0.2) is 22.1 Å². The second-order valence-corrected chi connectivity index (χ2v) is 5.67. The summed E-state index contributed by atoms with van der Waals surface area (Å²) in [7, 11) is 0. The van der Waals surface area contributed by atoms with Crippen LogP contribution in [0.1, 0.15) is 11.1 Å². The molecule has 0 amide bonds. The van der Waals surface area contributed by atoms with Gasteiger partial charge in [-0.05, 0) is 59.5 Å². The Morgan fingerprint density at radius 1 is 1.08 bits per heavy atom. The van der Waals surface area contributed by atoms with E-state index in [2.05, 4.69) is 41.8 Å². The molecule has 0 fully saturated rings. The molecule has 1 heterocycles. The summed E-state index contributed by atoms with van der Waals surface area (Å²) in [5.74, 6) is -0.294. The van der Waals surface area contributed by atoms with Crippen molar-refractivity contribution in [2.75, 3.05) is 6.61 Å². The third kappa shape index (κ3) is 3.53. The Hall–Kier alpha value is -2.91. The number of aliphatic hydroxyl groups excluding tert-OH is 1. The summed E-state index contributed by atoms with van der Waals surface area (Å²) in [6, 6.07) is 18.5. The standard InChI is InChI=1S/C21H19NO2/c1-16-14-17(4-10-20(24)15-23)5-11-21(16)18-6-8-19(9-7-18)22-12-2-3-13-22/h2-14,23H,15H2,1H3/b10-4+. The fraction of sp³-hybridized carbons (Fsp3) is 0.0952. The first-order valence-electron chi connectivity index (χ1n) is 7.83. The van der Waals surface area contributed by atoms with Gasteiger partial charge >= 0.3 is 0 Å². The fourth-order valence-corrected chi connectivity index (χ4v) is 2.68. The van der Waals surface area contributed by atoms with Gasteiger partial charge in [-0.25, -0.2) is 0 Å². The lowest BCUT2D eigenvalue weighted by atomic mass is 9.98. The monoisotopic (exact) mass is 317 g/mol. The van der Waals surface area contributed by atoms with Gasteiger partial charge in [0.2, 0.25) is 0 Å². The molecule has 0 aliphatic heterocycles. The largest absolute Gasteiger partial charge is 0.388 e. The van der Waals surface area contributed by atoms with Gasteiger partial charge in [0.25, 0.3) is 0 Å². The van der Waals surface area contributed by atoms with Crippen molar-refractivity contribution in [2.24, 2.45) is 0 Å². The molecule has 1 N–H and O–H groups in total. The van der Waals surface area contributed by atoms with Crippen molar-refractivity contribution in [1.29, 1.82) is 0 Å². The molecule has 0 spiro atoms. The SMILES string of the molecule is Cc1cc(/C=C/C(=O)CO)ccc1-c1ccc(-n2cccc2)cc1. The van der Waals surface area contributed by atoms with E-state index in [4.69, 9.17) is 5.11 Å². The number of carbonyl (C=O) groups excluding carboxylic acids is 1. The Labute approximate surface area is 141 Å². The van der Waals surface area contributed by atoms with Gasteiger partial charge in [-0.2, -0.15) is 0 Å². The molecule has 3 heteroatoms. The summed E-state index contributed by atoms with van der Waals surface area (Å²) in [6.45, 7) is 1.60. The van der Waals surface area contributed by atoms with Crippen molar-refractivity contribution in [1.82, 2.24) is 4.57 Å². The summed E-state index contributed by atoms with van der Waals surface area (Å²) >= 11 is 0. The first kappa shape index (κ1) is 16.0. The molecule has 3 aromatic rings. The molecular formula is C21H19NO2. The molecule has 0 atom stereocenters. The van der Waals surface area contributed by atoms with E-state index in [-0.39, 0.29) is 5.78 Å². The number of aromatic nitrogens is 1. The number of ketones is 1. The van der Waals surface area contributed by atoms with E-state index >= 15 is 0 Å². The number of rotatable bonds is 5. The summed E-state index contributed by atoms with van der Waals surface area (Å²) in [6.07, 6.45) is 7.18. The first-order chi connectivity index (χ1) is 11.7. The molecule has 0 unspecified atom stereocenters. The molecule has 0 saturated carbocycles. The predicted molar refractivity (Wildman–Crippen MR) is 97.1 cm³/mol. The Balaban J connectivity index is 1.84. The minimum absolute atomic E-state index is 0.294. The molecule has 120 valence electrons. The topological polar surface area (TPSA) is 42.2 Å². The quantitative estimate of drug-likeness (QED) is 0.722.